The monoisotopic (exact) mass is 401 g/mol. The molecule has 0 fully saturated rings. The van der Waals surface area contributed by atoms with Crippen molar-refractivity contribution in [3.8, 4) is 17.3 Å². The maximum atomic E-state index is 12.4. The molecule has 9 heteroatoms. The molecular weight excluding hydrogens is 380 g/mol. The number of nitrogens with zero attached hydrogens (tertiary/aromatic N) is 4. The van der Waals surface area contributed by atoms with E-state index in [0.717, 1.165) is 5.56 Å². The van der Waals surface area contributed by atoms with Crippen molar-refractivity contribution in [3.05, 3.63) is 58.5 Å². The van der Waals surface area contributed by atoms with Gasteiger partial charge in [0.25, 0.3) is 5.91 Å². The van der Waals surface area contributed by atoms with Gasteiger partial charge in [-0.05, 0) is 38.0 Å². The summed E-state index contributed by atoms with van der Waals surface area (Å²) in [5, 5.41) is 32.4. The lowest BCUT2D eigenvalue weighted by Crippen LogP contribution is -2.36. The Kier molecular flexibility index (Phi) is 4.67. The molecule has 3 N–H and O–H groups in total. The lowest BCUT2D eigenvalue weighted by atomic mass is 10.1. The van der Waals surface area contributed by atoms with Gasteiger partial charge >= 0.3 is 0 Å². The number of aromatic nitrogens is 4. The highest BCUT2D eigenvalue weighted by molar-refractivity contribution is 6.32. The number of nitriles is 1. The molecule has 144 valence electrons. The highest BCUT2D eigenvalue weighted by Crippen LogP contribution is 2.24. The average molecular weight is 402 g/mol. The van der Waals surface area contributed by atoms with E-state index in [1.165, 1.54) is 6.07 Å². The molecule has 2 heterocycles. The van der Waals surface area contributed by atoms with Gasteiger partial charge in [0.15, 0.2) is 0 Å². The maximum Gasteiger partial charge on any atom is 0.272 e. The first-order chi connectivity index (χ1) is 14.6. The SMILES string of the molecule is [2H]C([2H])([2H])C(O)c1cc(C(=O)N[C@@H](C)Cn2ccc(-c3ccc(C#N)c(Cl)c3)n2)n[nH]1. The zero-order chi connectivity index (χ0) is 22.8. The van der Waals surface area contributed by atoms with Crippen LogP contribution in [0.2, 0.25) is 5.02 Å². The molecule has 1 amide bonds. The second-order valence-corrected chi connectivity index (χ2v) is 6.62. The largest absolute Gasteiger partial charge is 0.387 e. The van der Waals surface area contributed by atoms with Gasteiger partial charge in [0, 0.05) is 21.9 Å². The molecule has 0 saturated carbocycles. The van der Waals surface area contributed by atoms with Crippen LogP contribution in [-0.2, 0) is 6.54 Å². The third kappa shape index (κ3) is 4.39. The number of aliphatic hydroxyl groups excluding tert-OH is 1. The third-order valence-electron chi connectivity index (χ3n) is 3.99. The van der Waals surface area contributed by atoms with Gasteiger partial charge < -0.3 is 10.4 Å². The fourth-order valence-electron chi connectivity index (χ4n) is 2.60. The van der Waals surface area contributed by atoms with Gasteiger partial charge in [0.05, 0.1) is 34.6 Å². The molecule has 2 aromatic heterocycles. The minimum atomic E-state index is -2.62. The molecule has 0 aliphatic carbocycles. The van der Waals surface area contributed by atoms with Crippen molar-refractivity contribution in [2.24, 2.45) is 0 Å². The predicted octanol–water partition coefficient (Wildman–Crippen LogP) is 2.67. The second-order valence-electron chi connectivity index (χ2n) is 6.22. The van der Waals surface area contributed by atoms with Crippen LogP contribution in [0.5, 0.6) is 0 Å². The number of amides is 1. The molecule has 1 aromatic carbocycles. The molecule has 0 aliphatic rings. The number of benzene rings is 1. The van der Waals surface area contributed by atoms with E-state index in [4.69, 9.17) is 21.0 Å². The average Bonchev–Trinajstić information content (AvgIpc) is 3.36. The zero-order valence-electron chi connectivity index (χ0n) is 17.8. The number of rotatable bonds is 6. The van der Waals surface area contributed by atoms with Crippen molar-refractivity contribution in [2.45, 2.75) is 32.5 Å². The van der Waals surface area contributed by atoms with Crippen LogP contribution in [0.4, 0.5) is 0 Å². The van der Waals surface area contributed by atoms with Gasteiger partial charge in [-0.3, -0.25) is 14.6 Å². The van der Waals surface area contributed by atoms with E-state index >= 15 is 0 Å². The fourth-order valence-corrected chi connectivity index (χ4v) is 2.82. The minimum Gasteiger partial charge on any atom is -0.387 e. The summed E-state index contributed by atoms with van der Waals surface area (Å²) < 4.78 is 23.3. The van der Waals surface area contributed by atoms with E-state index in [1.807, 2.05) is 6.07 Å². The van der Waals surface area contributed by atoms with Crippen molar-refractivity contribution in [1.82, 2.24) is 25.3 Å². The number of hydrogen-bond donors (Lipinski definition) is 3. The Morgan fingerprint density at radius 2 is 2.32 bits per heavy atom. The van der Waals surface area contributed by atoms with Crippen LogP contribution in [0.1, 0.15) is 45.7 Å². The van der Waals surface area contributed by atoms with E-state index in [2.05, 4.69) is 20.6 Å². The number of halogens is 1. The smallest absolute Gasteiger partial charge is 0.272 e. The van der Waals surface area contributed by atoms with Crippen LogP contribution in [0, 0.1) is 11.3 Å². The van der Waals surface area contributed by atoms with Crippen LogP contribution < -0.4 is 5.32 Å². The molecule has 0 bridgehead atoms. The highest BCUT2D eigenvalue weighted by Gasteiger charge is 2.16. The maximum absolute atomic E-state index is 12.4. The number of carbonyl (C=O) groups is 1. The Labute approximate surface area is 171 Å². The van der Waals surface area contributed by atoms with Gasteiger partial charge in [0.2, 0.25) is 0 Å². The molecule has 0 aliphatic heterocycles. The number of aliphatic hydroxyl groups is 1. The van der Waals surface area contributed by atoms with E-state index in [9.17, 15) is 9.90 Å². The van der Waals surface area contributed by atoms with Crippen LogP contribution >= 0.6 is 11.6 Å². The standard InChI is InChI=1S/C19H19ClN6O2/c1-11(22-19(28)18-8-17(12(2)27)23-24-18)10-26-6-5-16(25-26)13-3-4-14(9-21)15(20)7-13/h3-8,11-12,27H,10H2,1-2H3,(H,22,28)(H,23,24)/t11-,12?/m0/s1/i2D3. The molecule has 1 unspecified atom stereocenters. The second kappa shape index (κ2) is 8.25. The van der Waals surface area contributed by atoms with Crippen LogP contribution in [0.3, 0.4) is 0 Å². The first-order valence-electron chi connectivity index (χ1n) is 9.86. The van der Waals surface area contributed by atoms with Gasteiger partial charge in [0.1, 0.15) is 11.8 Å². The Balaban J connectivity index is 1.62. The summed E-state index contributed by atoms with van der Waals surface area (Å²) in [5.41, 5.74) is 1.72. The number of carbonyl (C=O) groups excluding carboxylic acids is 1. The van der Waals surface area contributed by atoms with Crippen molar-refractivity contribution < 1.29 is 14.0 Å². The highest BCUT2D eigenvalue weighted by atomic mass is 35.5. The Hall–Kier alpha value is -3.15. The lowest BCUT2D eigenvalue weighted by molar-refractivity contribution is 0.0931. The summed E-state index contributed by atoms with van der Waals surface area (Å²) in [6.45, 7) is -0.474. The van der Waals surface area contributed by atoms with E-state index in [-0.39, 0.29) is 17.4 Å². The van der Waals surface area contributed by atoms with E-state index in [1.54, 1.807) is 42.1 Å². The molecule has 3 aromatic rings. The van der Waals surface area contributed by atoms with Crippen molar-refractivity contribution in [2.75, 3.05) is 0 Å². The van der Waals surface area contributed by atoms with Gasteiger partial charge in [-0.25, -0.2) is 0 Å². The predicted molar refractivity (Wildman–Crippen MR) is 104 cm³/mol. The van der Waals surface area contributed by atoms with Crippen molar-refractivity contribution in [1.29, 1.82) is 5.26 Å². The molecule has 0 radical (unpaired) electrons. The van der Waals surface area contributed by atoms with Crippen molar-refractivity contribution >= 4 is 17.5 Å². The Morgan fingerprint density at radius 3 is 3.04 bits per heavy atom. The summed E-state index contributed by atoms with van der Waals surface area (Å²) in [4.78, 5) is 12.4. The number of aromatic amines is 1. The summed E-state index contributed by atoms with van der Waals surface area (Å²) in [5.74, 6) is -0.515. The zero-order valence-corrected chi connectivity index (χ0v) is 15.6. The summed E-state index contributed by atoms with van der Waals surface area (Å²) in [6, 6.07) is 9.73. The number of hydrogen-bond acceptors (Lipinski definition) is 5. The van der Waals surface area contributed by atoms with Crippen LogP contribution in [0.25, 0.3) is 11.3 Å². The minimum absolute atomic E-state index is 0.0291. The molecule has 28 heavy (non-hydrogen) atoms. The number of H-pyrrole nitrogens is 1. The van der Waals surface area contributed by atoms with Gasteiger partial charge in [-0.2, -0.15) is 15.5 Å². The first kappa shape index (κ1) is 15.9. The van der Waals surface area contributed by atoms with Crippen LogP contribution in [-0.4, -0.2) is 37.0 Å². The summed E-state index contributed by atoms with van der Waals surface area (Å²) in [7, 11) is 0. The molecule has 8 nitrogen and oxygen atoms in total. The van der Waals surface area contributed by atoms with E-state index < -0.39 is 18.9 Å². The molecular formula is C19H19ClN6O2. The summed E-state index contributed by atoms with van der Waals surface area (Å²) >= 11 is 6.07. The topological polar surface area (TPSA) is 120 Å². The lowest BCUT2D eigenvalue weighted by Gasteiger charge is -2.13. The first-order valence-corrected chi connectivity index (χ1v) is 8.74. The van der Waals surface area contributed by atoms with Gasteiger partial charge in [-0.15, -0.1) is 0 Å². The van der Waals surface area contributed by atoms with Gasteiger partial charge in [-0.1, -0.05) is 17.7 Å². The molecule has 0 saturated heterocycles. The van der Waals surface area contributed by atoms with E-state index in [0.29, 0.717) is 22.8 Å². The third-order valence-corrected chi connectivity index (χ3v) is 4.30. The van der Waals surface area contributed by atoms with Crippen molar-refractivity contribution in [3.63, 3.8) is 0 Å². The molecule has 2 atom stereocenters. The quantitative estimate of drug-likeness (QED) is 0.586. The summed E-state index contributed by atoms with van der Waals surface area (Å²) in [6.07, 6.45) is 0.000815. The van der Waals surface area contributed by atoms with Crippen LogP contribution in [0.15, 0.2) is 36.5 Å². The fraction of sp³-hybridized carbons (Fsp3) is 0.263. The normalized spacial score (nSPS) is 15.0. The molecule has 0 spiro atoms. The Morgan fingerprint density at radius 1 is 1.50 bits per heavy atom. The Bertz CT molecular complexity index is 1130. The molecule has 3 rings (SSSR count). The number of nitrogens with one attached hydrogen (secondary N) is 2.